The number of rotatable bonds is 6. The first-order valence-electron chi connectivity index (χ1n) is 7.40. The topological polar surface area (TPSA) is 37.4 Å². The van der Waals surface area contributed by atoms with Crippen LogP contribution in [0.15, 0.2) is 6.20 Å². The lowest BCUT2D eigenvalue weighted by Crippen LogP contribution is -2.36. The predicted octanol–water partition coefficient (Wildman–Crippen LogP) is 2.40. The summed E-state index contributed by atoms with van der Waals surface area (Å²) in [6.45, 7) is 6.05. The molecule has 2 heterocycles. The molecule has 0 atom stereocenters. The van der Waals surface area contributed by atoms with Crippen LogP contribution in [0.3, 0.4) is 0 Å². The van der Waals surface area contributed by atoms with E-state index in [9.17, 15) is 0 Å². The summed E-state index contributed by atoms with van der Waals surface area (Å²) in [5, 5.41) is 4.73. The molecular weight excluding hydrogens is 258 g/mol. The maximum Gasteiger partial charge on any atom is 0.185 e. The van der Waals surface area contributed by atoms with Gasteiger partial charge in [-0.15, -0.1) is 11.3 Å². The molecule has 1 aliphatic heterocycles. The number of piperidine rings is 1. The summed E-state index contributed by atoms with van der Waals surface area (Å²) in [6, 6.07) is 0.771. The second kappa shape index (κ2) is 6.20. The highest BCUT2D eigenvalue weighted by Crippen LogP contribution is 2.27. The Morgan fingerprint density at radius 1 is 1.37 bits per heavy atom. The first-order chi connectivity index (χ1) is 9.35. The van der Waals surface area contributed by atoms with Crippen molar-refractivity contribution in [2.45, 2.75) is 51.3 Å². The summed E-state index contributed by atoms with van der Waals surface area (Å²) in [5.41, 5.74) is 0. The normalized spacial score (nSPS) is 21.0. The minimum atomic E-state index is 0.456. The second-order valence-corrected chi connectivity index (χ2v) is 6.50. The lowest BCUT2D eigenvalue weighted by atomic mass is 10.1. The van der Waals surface area contributed by atoms with E-state index >= 15 is 0 Å². The molecule has 0 aromatic carbocycles. The molecule has 1 aliphatic carbocycles. The number of nitrogens with zero attached hydrogens (tertiary/aromatic N) is 2. The van der Waals surface area contributed by atoms with Crippen molar-refractivity contribution in [1.82, 2.24) is 10.3 Å². The third-order valence-corrected chi connectivity index (χ3v) is 4.86. The van der Waals surface area contributed by atoms with Crippen LogP contribution in [0.2, 0.25) is 0 Å². The SMILES string of the molecule is CCOC1CCN(c2ncc(CNC3CC3)s2)CC1. The van der Waals surface area contributed by atoms with Crippen LogP contribution in [0.25, 0.3) is 0 Å². The Labute approximate surface area is 119 Å². The van der Waals surface area contributed by atoms with Gasteiger partial charge in [0, 0.05) is 43.4 Å². The maximum atomic E-state index is 5.69. The zero-order valence-corrected chi connectivity index (χ0v) is 12.4. The van der Waals surface area contributed by atoms with E-state index in [1.165, 1.54) is 22.9 Å². The number of ether oxygens (including phenoxy) is 1. The van der Waals surface area contributed by atoms with Gasteiger partial charge in [-0.3, -0.25) is 0 Å². The molecule has 2 aliphatic rings. The first kappa shape index (κ1) is 13.3. The molecule has 4 nitrogen and oxygen atoms in total. The second-order valence-electron chi connectivity index (χ2n) is 5.41. The smallest absolute Gasteiger partial charge is 0.185 e. The van der Waals surface area contributed by atoms with Crippen molar-refractivity contribution in [3.63, 3.8) is 0 Å². The molecule has 106 valence electrons. The Kier molecular flexibility index (Phi) is 4.35. The molecule has 1 N–H and O–H groups in total. The lowest BCUT2D eigenvalue weighted by molar-refractivity contribution is 0.0459. The largest absolute Gasteiger partial charge is 0.378 e. The highest BCUT2D eigenvalue weighted by molar-refractivity contribution is 7.15. The maximum absolute atomic E-state index is 5.69. The van der Waals surface area contributed by atoms with Crippen LogP contribution in [-0.2, 0) is 11.3 Å². The Morgan fingerprint density at radius 2 is 2.16 bits per heavy atom. The Morgan fingerprint density at radius 3 is 2.84 bits per heavy atom. The van der Waals surface area contributed by atoms with E-state index in [1.807, 2.05) is 17.5 Å². The van der Waals surface area contributed by atoms with E-state index in [1.54, 1.807) is 0 Å². The van der Waals surface area contributed by atoms with Gasteiger partial charge in [0.2, 0.25) is 0 Å². The highest BCUT2D eigenvalue weighted by Gasteiger charge is 2.22. The zero-order chi connectivity index (χ0) is 13.1. The fraction of sp³-hybridized carbons (Fsp3) is 0.786. The fourth-order valence-electron chi connectivity index (χ4n) is 2.51. The highest BCUT2D eigenvalue weighted by atomic mass is 32.1. The van der Waals surface area contributed by atoms with Gasteiger partial charge < -0.3 is 15.0 Å². The molecule has 0 amide bonds. The minimum absolute atomic E-state index is 0.456. The van der Waals surface area contributed by atoms with E-state index in [0.717, 1.165) is 45.1 Å². The van der Waals surface area contributed by atoms with Gasteiger partial charge in [-0.05, 0) is 32.6 Å². The fourth-order valence-corrected chi connectivity index (χ4v) is 3.42. The van der Waals surface area contributed by atoms with Crippen molar-refractivity contribution in [3.8, 4) is 0 Å². The molecular formula is C14H23N3OS. The number of hydrogen-bond donors (Lipinski definition) is 1. The molecule has 0 unspecified atom stereocenters. The monoisotopic (exact) mass is 281 g/mol. The van der Waals surface area contributed by atoms with Gasteiger partial charge in [-0.2, -0.15) is 0 Å². The van der Waals surface area contributed by atoms with E-state index in [4.69, 9.17) is 4.74 Å². The summed E-state index contributed by atoms with van der Waals surface area (Å²) in [4.78, 5) is 8.33. The van der Waals surface area contributed by atoms with Crippen molar-refractivity contribution < 1.29 is 4.74 Å². The number of thiazole rings is 1. The summed E-state index contributed by atoms with van der Waals surface area (Å²) in [7, 11) is 0. The molecule has 3 rings (SSSR count). The van der Waals surface area contributed by atoms with Gasteiger partial charge in [0.05, 0.1) is 6.10 Å². The Balaban J connectivity index is 1.48. The summed E-state index contributed by atoms with van der Waals surface area (Å²) >= 11 is 1.84. The van der Waals surface area contributed by atoms with Crippen molar-refractivity contribution >= 4 is 16.5 Å². The van der Waals surface area contributed by atoms with E-state index in [-0.39, 0.29) is 0 Å². The summed E-state index contributed by atoms with van der Waals surface area (Å²) < 4.78 is 5.69. The summed E-state index contributed by atoms with van der Waals surface area (Å²) in [5.74, 6) is 0. The molecule has 1 aromatic heterocycles. The van der Waals surface area contributed by atoms with Crippen LogP contribution >= 0.6 is 11.3 Å². The van der Waals surface area contributed by atoms with Crippen LogP contribution in [0.5, 0.6) is 0 Å². The standard InChI is InChI=1S/C14H23N3OS/c1-2-18-12-5-7-17(8-6-12)14-16-10-13(19-14)9-15-11-3-4-11/h10-12,15H,2-9H2,1H3. The lowest BCUT2D eigenvalue weighted by Gasteiger charge is -2.31. The van der Waals surface area contributed by atoms with Gasteiger partial charge in [-0.25, -0.2) is 4.98 Å². The Bertz CT molecular complexity index is 397. The molecule has 5 heteroatoms. The molecule has 0 spiro atoms. The first-order valence-corrected chi connectivity index (χ1v) is 8.21. The van der Waals surface area contributed by atoms with Crippen LogP contribution < -0.4 is 10.2 Å². The predicted molar refractivity (Wildman–Crippen MR) is 78.8 cm³/mol. The van der Waals surface area contributed by atoms with Crippen LogP contribution in [0.4, 0.5) is 5.13 Å². The van der Waals surface area contributed by atoms with Crippen molar-refractivity contribution in [1.29, 1.82) is 0 Å². The third-order valence-electron chi connectivity index (χ3n) is 3.80. The molecule has 0 bridgehead atoms. The van der Waals surface area contributed by atoms with Gasteiger partial charge in [-0.1, -0.05) is 0 Å². The van der Waals surface area contributed by atoms with E-state index < -0.39 is 0 Å². The van der Waals surface area contributed by atoms with Gasteiger partial charge in [0.1, 0.15) is 0 Å². The zero-order valence-electron chi connectivity index (χ0n) is 11.6. The van der Waals surface area contributed by atoms with Gasteiger partial charge in [0.25, 0.3) is 0 Å². The van der Waals surface area contributed by atoms with Gasteiger partial charge in [0.15, 0.2) is 5.13 Å². The summed E-state index contributed by atoms with van der Waals surface area (Å²) in [6.07, 6.45) is 7.43. The molecule has 1 saturated carbocycles. The number of anilines is 1. The molecule has 19 heavy (non-hydrogen) atoms. The average molecular weight is 281 g/mol. The van der Waals surface area contributed by atoms with Crippen molar-refractivity contribution in [3.05, 3.63) is 11.1 Å². The Hall–Kier alpha value is -0.650. The van der Waals surface area contributed by atoms with Crippen molar-refractivity contribution in [2.24, 2.45) is 0 Å². The number of aromatic nitrogens is 1. The van der Waals surface area contributed by atoms with Crippen LogP contribution in [-0.4, -0.2) is 36.8 Å². The van der Waals surface area contributed by atoms with Crippen molar-refractivity contribution in [2.75, 3.05) is 24.6 Å². The molecule has 1 saturated heterocycles. The van der Waals surface area contributed by atoms with Crippen LogP contribution in [0, 0.1) is 0 Å². The molecule has 1 aromatic rings. The third kappa shape index (κ3) is 3.68. The number of nitrogens with one attached hydrogen (secondary N) is 1. The van der Waals surface area contributed by atoms with Gasteiger partial charge >= 0.3 is 0 Å². The quantitative estimate of drug-likeness (QED) is 0.869. The average Bonchev–Trinajstić information content (AvgIpc) is 3.15. The molecule has 2 fully saturated rings. The van der Waals surface area contributed by atoms with Crippen LogP contribution in [0.1, 0.15) is 37.5 Å². The molecule has 0 radical (unpaired) electrons. The van der Waals surface area contributed by atoms with E-state index in [2.05, 4.69) is 22.1 Å². The minimum Gasteiger partial charge on any atom is -0.378 e. The number of hydrogen-bond acceptors (Lipinski definition) is 5. The van der Waals surface area contributed by atoms with E-state index in [0.29, 0.717) is 6.10 Å².